The Balaban J connectivity index is 1.83. The minimum Gasteiger partial charge on any atom is -0.497 e. The Bertz CT molecular complexity index is 581. The number of amides is 1. The quantitative estimate of drug-likeness (QED) is 0.852. The highest BCUT2D eigenvalue weighted by atomic mass is 32.1. The normalized spacial score (nSPS) is 9.85. The number of aromatic nitrogens is 1. The Morgan fingerprint density at radius 2 is 2.05 bits per heavy atom. The van der Waals surface area contributed by atoms with Gasteiger partial charge in [0.15, 0.2) is 11.7 Å². The molecule has 0 aliphatic heterocycles. The van der Waals surface area contributed by atoms with Crippen LogP contribution in [0.4, 0.5) is 5.13 Å². The average molecular weight is 292 g/mol. The van der Waals surface area contributed by atoms with Crippen LogP contribution in [0.5, 0.6) is 5.75 Å². The second kappa shape index (κ2) is 6.67. The molecule has 0 fully saturated rings. The first-order valence-electron chi connectivity index (χ1n) is 5.69. The molecule has 7 heteroatoms. The molecule has 0 saturated carbocycles. The number of thiazole rings is 1. The summed E-state index contributed by atoms with van der Waals surface area (Å²) in [6.07, 6.45) is 1.57. The largest absolute Gasteiger partial charge is 0.497 e. The van der Waals surface area contributed by atoms with Gasteiger partial charge in [-0.1, -0.05) is 0 Å². The highest BCUT2D eigenvalue weighted by Gasteiger charge is 2.11. The summed E-state index contributed by atoms with van der Waals surface area (Å²) in [5, 5.41) is 4.72. The Hall–Kier alpha value is -2.41. The van der Waals surface area contributed by atoms with Crippen LogP contribution >= 0.6 is 11.3 Å². The van der Waals surface area contributed by atoms with Crippen LogP contribution in [0.15, 0.2) is 35.8 Å². The molecule has 1 amide bonds. The second-order valence-electron chi connectivity index (χ2n) is 3.69. The van der Waals surface area contributed by atoms with Crippen LogP contribution < -0.4 is 10.1 Å². The van der Waals surface area contributed by atoms with Gasteiger partial charge < -0.3 is 9.47 Å². The molecular weight excluding hydrogens is 280 g/mol. The minimum atomic E-state index is -0.568. The lowest BCUT2D eigenvalue weighted by Crippen LogP contribution is -2.20. The number of hydrogen-bond donors (Lipinski definition) is 1. The molecule has 2 aromatic rings. The Kier molecular flexibility index (Phi) is 4.67. The van der Waals surface area contributed by atoms with E-state index < -0.39 is 11.9 Å². The van der Waals surface area contributed by atoms with Crippen LogP contribution in [-0.4, -0.2) is 30.6 Å². The molecule has 1 aromatic heterocycles. The van der Waals surface area contributed by atoms with Crippen LogP contribution in [0.3, 0.4) is 0 Å². The predicted molar refractivity (Wildman–Crippen MR) is 74.0 cm³/mol. The first-order chi connectivity index (χ1) is 9.69. The summed E-state index contributed by atoms with van der Waals surface area (Å²) in [5.41, 5.74) is 0.354. The van der Waals surface area contributed by atoms with E-state index in [1.807, 2.05) is 0 Å². The molecule has 1 aromatic carbocycles. The van der Waals surface area contributed by atoms with Gasteiger partial charge in [0.05, 0.1) is 12.7 Å². The summed E-state index contributed by atoms with van der Waals surface area (Å²) in [7, 11) is 1.54. The minimum absolute atomic E-state index is 0.354. The smallest absolute Gasteiger partial charge is 0.338 e. The summed E-state index contributed by atoms with van der Waals surface area (Å²) in [4.78, 5) is 27.1. The molecule has 0 atom stereocenters. The van der Waals surface area contributed by atoms with E-state index in [1.54, 1.807) is 35.8 Å². The third kappa shape index (κ3) is 3.79. The van der Waals surface area contributed by atoms with Crippen molar-refractivity contribution in [1.82, 2.24) is 4.98 Å². The summed E-state index contributed by atoms with van der Waals surface area (Å²) < 4.78 is 9.88. The number of hydrogen-bond acceptors (Lipinski definition) is 6. The molecule has 0 radical (unpaired) electrons. The third-order valence-corrected chi connectivity index (χ3v) is 3.03. The fourth-order valence-corrected chi connectivity index (χ4v) is 1.93. The molecule has 0 aliphatic carbocycles. The molecule has 0 bridgehead atoms. The maximum atomic E-state index is 11.7. The van der Waals surface area contributed by atoms with Crippen LogP contribution in [0.2, 0.25) is 0 Å². The van der Waals surface area contributed by atoms with Gasteiger partial charge in [0.2, 0.25) is 0 Å². The van der Waals surface area contributed by atoms with E-state index in [0.29, 0.717) is 16.4 Å². The van der Waals surface area contributed by atoms with E-state index in [-0.39, 0.29) is 6.61 Å². The highest BCUT2D eigenvalue weighted by Crippen LogP contribution is 2.12. The van der Waals surface area contributed by atoms with E-state index >= 15 is 0 Å². The monoisotopic (exact) mass is 292 g/mol. The number of esters is 1. The number of anilines is 1. The van der Waals surface area contributed by atoms with E-state index in [0.717, 1.165) is 0 Å². The van der Waals surface area contributed by atoms with Gasteiger partial charge in [0.25, 0.3) is 5.91 Å². The molecule has 20 heavy (non-hydrogen) atoms. The molecule has 1 N–H and O–H groups in total. The van der Waals surface area contributed by atoms with E-state index in [4.69, 9.17) is 9.47 Å². The van der Waals surface area contributed by atoms with E-state index in [2.05, 4.69) is 10.3 Å². The van der Waals surface area contributed by atoms with Gasteiger partial charge in [0.1, 0.15) is 5.75 Å². The fraction of sp³-hybridized carbons (Fsp3) is 0.154. The Morgan fingerprint density at radius 3 is 2.65 bits per heavy atom. The van der Waals surface area contributed by atoms with Crippen LogP contribution in [-0.2, 0) is 9.53 Å². The highest BCUT2D eigenvalue weighted by molar-refractivity contribution is 7.13. The average Bonchev–Trinajstić information content (AvgIpc) is 2.97. The zero-order valence-electron chi connectivity index (χ0n) is 10.7. The van der Waals surface area contributed by atoms with Crippen molar-refractivity contribution in [2.24, 2.45) is 0 Å². The Morgan fingerprint density at radius 1 is 1.30 bits per heavy atom. The lowest BCUT2D eigenvalue weighted by atomic mass is 10.2. The fourth-order valence-electron chi connectivity index (χ4n) is 1.38. The predicted octanol–water partition coefficient (Wildman–Crippen LogP) is 1.95. The zero-order valence-corrected chi connectivity index (χ0v) is 11.5. The maximum Gasteiger partial charge on any atom is 0.338 e. The lowest BCUT2D eigenvalue weighted by Gasteiger charge is -2.05. The van der Waals surface area contributed by atoms with Gasteiger partial charge in [-0.2, -0.15) is 0 Å². The molecule has 0 spiro atoms. The van der Waals surface area contributed by atoms with Crippen LogP contribution in [0.25, 0.3) is 0 Å². The van der Waals surface area contributed by atoms with Gasteiger partial charge in [-0.3, -0.25) is 10.1 Å². The molecule has 2 rings (SSSR count). The van der Waals surface area contributed by atoms with Gasteiger partial charge in [0, 0.05) is 11.6 Å². The number of methoxy groups -OCH3 is 1. The van der Waals surface area contributed by atoms with Gasteiger partial charge in [-0.05, 0) is 24.3 Å². The number of carbonyl (C=O) groups excluding carboxylic acids is 2. The zero-order chi connectivity index (χ0) is 14.4. The van der Waals surface area contributed by atoms with Crippen molar-refractivity contribution in [1.29, 1.82) is 0 Å². The summed E-state index contributed by atoms with van der Waals surface area (Å²) in [5.74, 6) is -0.355. The number of ether oxygens (including phenoxy) is 2. The first-order valence-corrected chi connectivity index (χ1v) is 6.57. The van der Waals surface area contributed by atoms with Crippen molar-refractivity contribution in [3.63, 3.8) is 0 Å². The van der Waals surface area contributed by atoms with Gasteiger partial charge in [-0.25, -0.2) is 9.78 Å². The number of rotatable bonds is 5. The number of nitrogens with zero attached hydrogens (tertiary/aromatic N) is 1. The molecule has 104 valence electrons. The van der Waals surface area contributed by atoms with Crippen LogP contribution in [0, 0.1) is 0 Å². The molecule has 0 unspecified atom stereocenters. The number of benzene rings is 1. The summed E-state index contributed by atoms with van der Waals surface area (Å²) in [6.45, 7) is -0.357. The standard InChI is InChI=1S/C13H12N2O4S/c1-18-10-4-2-9(3-5-10)12(17)19-8-11(16)15-13-14-6-7-20-13/h2-7H,8H2,1H3,(H,14,15,16). The van der Waals surface area contributed by atoms with Crippen molar-refractivity contribution < 1.29 is 19.1 Å². The van der Waals surface area contributed by atoms with Crippen LogP contribution in [0.1, 0.15) is 10.4 Å². The van der Waals surface area contributed by atoms with Gasteiger partial charge >= 0.3 is 5.97 Å². The topological polar surface area (TPSA) is 77.5 Å². The van der Waals surface area contributed by atoms with E-state index in [1.165, 1.54) is 18.4 Å². The number of nitrogens with one attached hydrogen (secondary N) is 1. The van der Waals surface area contributed by atoms with Crippen molar-refractivity contribution in [3.8, 4) is 5.75 Å². The number of carbonyl (C=O) groups is 2. The molecule has 1 heterocycles. The molecule has 0 aliphatic rings. The Labute approximate surface area is 119 Å². The molecule has 6 nitrogen and oxygen atoms in total. The first kappa shape index (κ1) is 14.0. The summed E-state index contributed by atoms with van der Waals surface area (Å²) in [6, 6.07) is 6.43. The second-order valence-corrected chi connectivity index (χ2v) is 4.58. The maximum absolute atomic E-state index is 11.7. The summed E-state index contributed by atoms with van der Waals surface area (Å²) >= 11 is 1.29. The van der Waals surface area contributed by atoms with Crippen molar-refractivity contribution in [2.45, 2.75) is 0 Å². The lowest BCUT2D eigenvalue weighted by molar-refractivity contribution is -0.119. The SMILES string of the molecule is COc1ccc(C(=O)OCC(=O)Nc2nccs2)cc1. The van der Waals surface area contributed by atoms with Crippen molar-refractivity contribution >= 4 is 28.3 Å². The third-order valence-electron chi connectivity index (χ3n) is 2.34. The molecular formula is C13H12N2O4S. The molecule has 0 saturated heterocycles. The van der Waals surface area contributed by atoms with Gasteiger partial charge in [-0.15, -0.1) is 11.3 Å². The van der Waals surface area contributed by atoms with E-state index in [9.17, 15) is 9.59 Å². The van der Waals surface area contributed by atoms with Crippen molar-refractivity contribution in [2.75, 3.05) is 19.0 Å². The van der Waals surface area contributed by atoms with Crippen molar-refractivity contribution in [3.05, 3.63) is 41.4 Å².